The first kappa shape index (κ1) is 13.7. The SMILES string of the molecule is CC.Cc1cccc(CC(C)C(=N)N)c1. The van der Waals surface area contributed by atoms with Crippen LogP contribution in [0.3, 0.4) is 0 Å². The Hall–Kier alpha value is -1.31. The topological polar surface area (TPSA) is 49.9 Å². The zero-order valence-electron chi connectivity index (χ0n) is 10.2. The molecule has 0 aliphatic heterocycles. The van der Waals surface area contributed by atoms with Gasteiger partial charge < -0.3 is 5.73 Å². The number of rotatable bonds is 3. The van der Waals surface area contributed by atoms with Crippen LogP contribution in [0.5, 0.6) is 0 Å². The van der Waals surface area contributed by atoms with Crippen molar-refractivity contribution in [3.8, 4) is 0 Å². The van der Waals surface area contributed by atoms with Crippen LogP contribution in [0.4, 0.5) is 0 Å². The van der Waals surface area contributed by atoms with Gasteiger partial charge in [-0.25, -0.2) is 0 Å². The Labute approximate surface area is 93.0 Å². The van der Waals surface area contributed by atoms with Gasteiger partial charge in [0.05, 0.1) is 5.84 Å². The fourth-order valence-corrected chi connectivity index (χ4v) is 1.30. The maximum Gasteiger partial charge on any atom is 0.0937 e. The zero-order valence-corrected chi connectivity index (χ0v) is 10.2. The third-order valence-corrected chi connectivity index (χ3v) is 2.16. The summed E-state index contributed by atoms with van der Waals surface area (Å²) >= 11 is 0. The molecule has 0 aliphatic carbocycles. The molecule has 0 spiro atoms. The van der Waals surface area contributed by atoms with Crippen molar-refractivity contribution >= 4 is 5.84 Å². The van der Waals surface area contributed by atoms with E-state index in [2.05, 4.69) is 25.1 Å². The molecule has 0 aliphatic rings. The van der Waals surface area contributed by atoms with E-state index in [-0.39, 0.29) is 11.8 Å². The van der Waals surface area contributed by atoms with E-state index in [1.165, 1.54) is 11.1 Å². The van der Waals surface area contributed by atoms with Crippen LogP contribution in [0.25, 0.3) is 0 Å². The Morgan fingerprint density at radius 1 is 1.40 bits per heavy atom. The van der Waals surface area contributed by atoms with Gasteiger partial charge in [0.1, 0.15) is 0 Å². The molecule has 0 bridgehead atoms. The van der Waals surface area contributed by atoms with Crippen molar-refractivity contribution in [1.29, 1.82) is 5.41 Å². The van der Waals surface area contributed by atoms with Gasteiger partial charge in [0.15, 0.2) is 0 Å². The smallest absolute Gasteiger partial charge is 0.0937 e. The van der Waals surface area contributed by atoms with Crippen LogP contribution < -0.4 is 5.73 Å². The molecule has 2 heteroatoms. The largest absolute Gasteiger partial charge is 0.387 e. The Balaban J connectivity index is 0.000000921. The van der Waals surface area contributed by atoms with Crippen molar-refractivity contribution in [2.75, 3.05) is 0 Å². The number of benzene rings is 1. The lowest BCUT2D eigenvalue weighted by Crippen LogP contribution is -2.21. The zero-order chi connectivity index (χ0) is 11.8. The van der Waals surface area contributed by atoms with E-state index >= 15 is 0 Å². The minimum absolute atomic E-state index is 0.141. The summed E-state index contributed by atoms with van der Waals surface area (Å²) in [7, 11) is 0. The Morgan fingerprint density at radius 2 is 2.00 bits per heavy atom. The predicted octanol–water partition coefficient (Wildman–Crippen LogP) is 3.14. The highest BCUT2D eigenvalue weighted by Crippen LogP contribution is 2.09. The fourth-order valence-electron chi connectivity index (χ4n) is 1.30. The summed E-state index contributed by atoms with van der Waals surface area (Å²) in [5.74, 6) is 0.406. The molecule has 0 fully saturated rings. The second-order valence-electron chi connectivity index (χ2n) is 3.55. The van der Waals surface area contributed by atoms with E-state index in [9.17, 15) is 0 Å². The van der Waals surface area contributed by atoms with E-state index in [1.54, 1.807) is 0 Å². The number of nitrogens with one attached hydrogen (secondary N) is 1. The molecule has 1 aromatic rings. The van der Waals surface area contributed by atoms with Gasteiger partial charge in [0, 0.05) is 5.92 Å². The van der Waals surface area contributed by atoms with Gasteiger partial charge in [-0.3, -0.25) is 5.41 Å². The quantitative estimate of drug-likeness (QED) is 0.579. The van der Waals surface area contributed by atoms with Crippen molar-refractivity contribution in [3.63, 3.8) is 0 Å². The Morgan fingerprint density at radius 3 is 2.47 bits per heavy atom. The monoisotopic (exact) mass is 206 g/mol. The third kappa shape index (κ3) is 5.21. The molecule has 1 unspecified atom stereocenters. The highest BCUT2D eigenvalue weighted by atomic mass is 14.7. The van der Waals surface area contributed by atoms with Gasteiger partial charge >= 0.3 is 0 Å². The molecule has 2 nitrogen and oxygen atoms in total. The molecule has 1 aromatic carbocycles. The normalized spacial score (nSPS) is 11.2. The number of aryl methyl sites for hydroxylation is 1. The van der Waals surface area contributed by atoms with Crippen molar-refractivity contribution in [1.82, 2.24) is 0 Å². The van der Waals surface area contributed by atoms with E-state index in [4.69, 9.17) is 11.1 Å². The van der Waals surface area contributed by atoms with E-state index in [1.807, 2.05) is 26.8 Å². The molecule has 0 saturated carbocycles. The Kier molecular flexibility index (Phi) is 6.43. The number of nitrogens with two attached hydrogens (primary N) is 1. The summed E-state index contributed by atoms with van der Waals surface area (Å²) < 4.78 is 0. The van der Waals surface area contributed by atoms with Gasteiger partial charge in [-0.05, 0) is 18.9 Å². The van der Waals surface area contributed by atoms with Crippen LogP contribution >= 0.6 is 0 Å². The lowest BCUT2D eigenvalue weighted by atomic mass is 9.99. The van der Waals surface area contributed by atoms with E-state index in [0.717, 1.165) is 6.42 Å². The maximum atomic E-state index is 7.28. The molecule has 15 heavy (non-hydrogen) atoms. The second kappa shape index (κ2) is 7.04. The molecular formula is C13H22N2. The van der Waals surface area contributed by atoms with Crippen LogP contribution in [0.1, 0.15) is 31.9 Å². The molecule has 84 valence electrons. The molecule has 1 atom stereocenters. The fraction of sp³-hybridized carbons (Fsp3) is 0.462. The van der Waals surface area contributed by atoms with Crippen LogP contribution in [-0.2, 0) is 6.42 Å². The van der Waals surface area contributed by atoms with Crippen molar-refractivity contribution < 1.29 is 0 Å². The van der Waals surface area contributed by atoms with Crippen LogP contribution in [0, 0.1) is 18.3 Å². The van der Waals surface area contributed by atoms with Gasteiger partial charge in [-0.2, -0.15) is 0 Å². The molecule has 0 amide bonds. The van der Waals surface area contributed by atoms with E-state index < -0.39 is 0 Å². The highest BCUT2D eigenvalue weighted by molar-refractivity contribution is 5.79. The first-order valence-corrected chi connectivity index (χ1v) is 5.49. The maximum absolute atomic E-state index is 7.28. The van der Waals surface area contributed by atoms with Crippen molar-refractivity contribution in [2.45, 2.75) is 34.1 Å². The summed E-state index contributed by atoms with van der Waals surface area (Å²) in [5.41, 5.74) is 7.92. The van der Waals surface area contributed by atoms with Gasteiger partial charge in [0.25, 0.3) is 0 Å². The van der Waals surface area contributed by atoms with Crippen LogP contribution in [-0.4, -0.2) is 5.84 Å². The van der Waals surface area contributed by atoms with Crippen molar-refractivity contribution in [3.05, 3.63) is 35.4 Å². The predicted molar refractivity (Wildman–Crippen MR) is 67.3 cm³/mol. The molecule has 3 N–H and O–H groups in total. The number of hydrogen-bond acceptors (Lipinski definition) is 1. The second-order valence-corrected chi connectivity index (χ2v) is 3.55. The summed E-state index contributed by atoms with van der Waals surface area (Å²) in [6, 6.07) is 8.32. The molecule has 0 heterocycles. The minimum Gasteiger partial charge on any atom is -0.387 e. The first-order chi connectivity index (χ1) is 7.09. The molecule has 0 aromatic heterocycles. The number of hydrogen-bond donors (Lipinski definition) is 2. The third-order valence-electron chi connectivity index (χ3n) is 2.16. The Bertz CT molecular complexity index is 305. The summed E-state index contributed by atoms with van der Waals surface area (Å²) in [6.07, 6.45) is 0.858. The van der Waals surface area contributed by atoms with Crippen LogP contribution in [0.15, 0.2) is 24.3 Å². The molecular weight excluding hydrogens is 184 g/mol. The highest BCUT2D eigenvalue weighted by Gasteiger charge is 2.05. The standard InChI is InChI=1S/C11H16N2.C2H6/c1-8-4-3-5-10(6-8)7-9(2)11(12)13;1-2/h3-6,9H,7H2,1-2H3,(H3,12,13);1-2H3. The summed E-state index contributed by atoms with van der Waals surface area (Å²) in [4.78, 5) is 0. The van der Waals surface area contributed by atoms with Gasteiger partial charge in [-0.15, -0.1) is 0 Å². The molecule has 0 saturated heterocycles. The first-order valence-electron chi connectivity index (χ1n) is 5.49. The van der Waals surface area contributed by atoms with Crippen molar-refractivity contribution in [2.24, 2.45) is 11.7 Å². The van der Waals surface area contributed by atoms with Gasteiger partial charge in [-0.1, -0.05) is 50.6 Å². The lowest BCUT2D eigenvalue weighted by molar-refractivity contribution is 0.754. The van der Waals surface area contributed by atoms with Gasteiger partial charge in [0.2, 0.25) is 0 Å². The summed E-state index contributed by atoms with van der Waals surface area (Å²) in [5, 5.41) is 7.28. The molecule has 1 rings (SSSR count). The van der Waals surface area contributed by atoms with Crippen LogP contribution in [0.2, 0.25) is 0 Å². The average molecular weight is 206 g/mol. The summed E-state index contributed by atoms with van der Waals surface area (Å²) in [6.45, 7) is 8.05. The molecule has 0 radical (unpaired) electrons. The average Bonchev–Trinajstić information content (AvgIpc) is 2.20. The minimum atomic E-state index is 0.141. The van der Waals surface area contributed by atoms with E-state index in [0.29, 0.717) is 0 Å². The number of amidine groups is 1. The lowest BCUT2D eigenvalue weighted by Gasteiger charge is -2.09.